The highest BCUT2D eigenvalue weighted by atomic mass is 28.3. The van der Waals surface area contributed by atoms with Crippen LogP contribution in [-0.2, 0) is 0 Å². The van der Waals surface area contributed by atoms with Gasteiger partial charge >= 0.3 is 0 Å². The van der Waals surface area contributed by atoms with E-state index in [4.69, 9.17) is 8.83 Å². The van der Waals surface area contributed by atoms with Gasteiger partial charge in [-0.3, -0.25) is 0 Å². The Morgan fingerprint density at radius 1 is 0.361 bits per heavy atom. The number of anilines is 6. The van der Waals surface area contributed by atoms with Gasteiger partial charge in [-0.1, -0.05) is 152 Å². The summed E-state index contributed by atoms with van der Waals surface area (Å²) in [5.41, 5.74) is 11.1. The van der Waals surface area contributed by atoms with Gasteiger partial charge in [0.2, 0.25) is 0 Å². The van der Waals surface area contributed by atoms with Gasteiger partial charge in [-0.15, -0.1) is 0 Å². The van der Waals surface area contributed by atoms with Crippen molar-refractivity contribution in [3.05, 3.63) is 188 Å². The Labute approximate surface area is 354 Å². The van der Waals surface area contributed by atoms with Crippen molar-refractivity contribution in [1.82, 2.24) is 0 Å². The molecule has 0 atom stereocenters. The number of hydrogen-bond donors (Lipinski definition) is 0. The Hall–Kier alpha value is -7.34. The van der Waals surface area contributed by atoms with Crippen molar-refractivity contribution in [2.45, 2.75) is 26.6 Å². The van der Waals surface area contributed by atoms with Crippen molar-refractivity contribution in [3.8, 4) is 0 Å². The molecule has 10 aromatic carbocycles. The molecule has 0 unspecified atom stereocenters. The molecule has 61 heavy (non-hydrogen) atoms. The molecule has 0 saturated carbocycles. The molecule has 292 valence electrons. The van der Waals surface area contributed by atoms with Gasteiger partial charge in [0, 0.05) is 43.7 Å². The summed E-state index contributed by atoms with van der Waals surface area (Å²) in [4.78, 5) is 4.79. The Morgan fingerprint density at radius 2 is 0.787 bits per heavy atom. The molecule has 0 aliphatic carbocycles. The second-order valence-electron chi connectivity index (χ2n) is 17.4. The maximum Gasteiger partial charge on any atom is 0.159 e. The molecule has 2 aromatic heterocycles. The normalized spacial score (nSPS) is 12.3. The van der Waals surface area contributed by atoms with Crippen molar-refractivity contribution in [2.75, 3.05) is 9.80 Å². The summed E-state index contributed by atoms with van der Waals surface area (Å²) in [6, 6.07) is 66.1. The number of fused-ring (bicyclic) bond motifs is 6. The fourth-order valence-corrected chi connectivity index (χ4v) is 10.8. The van der Waals surface area contributed by atoms with Gasteiger partial charge in [0.1, 0.15) is 11.2 Å². The van der Waals surface area contributed by atoms with Gasteiger partial charge in [-0.05, 0) is 89.1 Å². The highest BCUT2D eigenvalue weighted by Gasteiger charge is 2.26. The zero-order valence-electron chi connectivity index (χ0n) is 34.5. The van der Waals surface area contributed by atoms with Gasteiger partial charge in [0.05, 0.1) is 30.8 Å². The van der Waals surface area contributed by atoms with Crippen LogP contribution in [0.2, 0.25) is 19.6 Å². The third-order valence-corrected chi connectivity index (χ3v) is 14.7. The second kappa shape index (κ2) is 13.3. The molecule has 0 N–H and O–H groups in total. The topological polar surface area (TPSA) is 32.8 Å². The van der Waals surface area contributed by atoms with E-state index in [-0.39, 0.29) is 0 Å². The lowest BCUT2D eigenvalue weighted by atomic mass is 9.91. The summed E-state index contributed by atoms with van der Waals surface area (Å²) in [6.45, 7) is 9.35. The number of hydrogen-bond acceptors (Lipinski definition) is 4. The number of furan rings is 2. The summed E-state index contributed by atoms with van der Waals surface area (Å²) in [5.74, 6) is 0. The molecule has 0 aliphatic rings. The summed E-state index contributed by atoms with van der Waals surface area (Å²) >= 11 is 0. The molecule has 4 nitrogen and oxygen atoms in total. The lowest BCUT2D eigenvalue weighted by molar-refractivity contribution is 0.669. The Balaban J connectivity index is 1.13. The summed E-state index contributed by atoms with van der Waals surface area (Å²) in [6.07, 6.45) is 0. The van der Waals surface area contributed by atoms with E-state index >= 15 is 0 Å². The quantitative estimate of drug-likeness (QED) is 0.119. The van der Waals surface area contributed by atoms with E-state index in [1.54, 1.807) is 0 Å². The first-order chi connectivity index (χ1) is 29.8. The first-order valence-corrected chi connectivity index (χ1v) is 24.6. The molecule has 5 heteroatoms. The summed E-state index contributed by atoms with van der Waals surface area (Å²) < 4.78 is 13.5. The first kappa shape index (κ1) is 35.6. The highest BCUT2D eigenvalue weighted by molar-refractivity contribution is 6.88. The molecule has 12 aromatic rings. The maximum absolute atomic E-state index is 6.75. The first-order valence-electron chi connectivity index (χ1n) is 21.1. The van der Waals surface area contributed by atoms with Crippen LogP contribution in [0.5, 0.6) is 0 Å². The van der Waals surface area contributed by atoms with Crippen LogP contribution in [0.3, 0.4) is 0 Å². The number of aryl methyl sites for hydroxylation is 1. The van der Waals surface area contributed by atoms with E-state index < -0.39 is 8.07 Å². The Kier molecular flexibility index (Phi) is 7.78. The van der Waals surface area contributed by atoms with Crippen LogP contribution in [0, 0.1) is 6.92 Å². The lowest BCUT2D eigenvalue weighted by Gasteiger charge is -2.29. The van der Waals surface area contributed by atoms with Crippen molar-refractivity contribution in [1.29, 1.82) is 0 Å². The van der Waals surface area contributed by atoms with Crippen molar-refractivity contribution in [3.63, 3.8) is 0 Å². The van der Waals surface area contributed by atoms with Crippen LogP contribution in [0.1, 0.15) is 5.56 Å². The fraction of sp³-hybridized carbons (Fsp3) is 0.0714. The minimum absolute atomic E-state index is 0.868. The highest BCUT2D eigenvalue weighted by Crippen LogP contribution is 2.50. The van der Waals surface area contributed by atoms with Gasteiger partial charge in [0.15, 0.2) is 11.2 Å². The molecule has 0 spiro atoms. The molecule has 12 rings (SSSR count). The fourth-order valence-electron chi connectivity index (χ4n) is 9.60. The average molecular weight is 803 g/mol. The standard InChI is InChI=1S/C56H42N2O2Si/c1-35-19-25-38(26-20-35)57(49-15-9-13-43-41-11-5-7-17-51(41)59-55(43)49)47-33-23-36-22-32-46-48(34-24-37-21-31-45(47)53(36)54(37)46)58(39-27-29-40(30-28-39)61(2,3)4)50-16-10-14-44-42-12-6-8-18-52(42)60-56(44)50/h5-34H,1-4H3. The molecule has 0 radical (unpaired) electrons. The molecule has 0 bridgehead atoms. The minimum Gasteiger partial charge on any atom is -0.454 e. The summed E-state index contributed by atoms with van der Waals surface area (Å²) in [5, 5.41) is 13.1. The molecule has 0 aliphatic heterocycles. The molecule has 0 saturated heterocycles. The van der Waals surface area contributed by atoms with Gasteiger partial charge < -0.3 is 18.6 Å². The monoisotopic (exact) mass is 802 g/mol. The lowest BCUT2D eigenvalue weighted by Crippen LogP contribution is -2.37. The molecule has 0 fully saturated rings. The molecular weight excluding hydrogens is 761 g/mol. The second-order valence-corrected chi connectivity index (χ2v) is 22.5. The van der Waals surface area contributed by atoms with Crippen molar-refractivity contribution in [2.24, 2.45) is 0 Å². The zero-order chi connectivity index (χ0) is 41.0. The molecular formula is C56H42N2O2Si. The van der Waals surface area contributed by atoms with E-state index in [9.17, 15) is 0 Å². The van der Waals surface area contributed by atoms with Crippen LogP contribution < -0.4 is 15.0 Å². The van der Waals surface area contributed by atoms with Gasteiger partial charge in [-0.25, -0.2) is 0 Å². The van der Waals surface area contributed by atoms with Crippen LogP contribution in [-0.4, -0.2) is 8.07 Å². The molecule has 0 amide bonds. The SMILES string of the molecule is Cc1ccc(N(c2ccc3ccc4c(N(c5ccc([Si](C)(C)C)cc5)c5cccc6c5oc5ccccc56)ccc5ccc2c3c54)c2cccc3c2oc2ccccc23)cc1. The predicted molar refractivity (Wildman–Crippen MR) is 262 cm³/mol. The van der Waals surface area contributed by atoms with Crippen molar-refractivity contribution >= 4 is 124 Å². The van der Waals surface area contributed by atoms with E-state index in [1.807, 2.05) is 12.1 Å². The predicted octanol–water partition coefficient (Wildman–Crippen LogP) is 16.2. The van der Waals surface area contributed by atoms with E-state index in [2.05, 4.69) is 206 Å². The Bertz CT molecular complexity index is 3650. The smallest absolute Gasteiger partial charge is 0.159 e. The summed E-state index contributed by atoms with van der Waals surface area (Å²) in [7, 11) is -1.54. The molecule has 2 heterocycles. The van der Waals surface area contributed by atoms with Gasteiger partial charge in [0.25, 0.3) is 0 Å². The van der Waals surface area contributed by atoms with Crippen LogP contribution in [0.25, 0.3) is 76.2 Å². The van der Waals surface area contributed by atoms with E-state index in [1.165, 1.54) is 43.1 Å². The number of nitrogens with zero attached hydrogens (tertiary/aromatic N) is 2. The number of benzene rings is 10. The third-order valence-electron chi connectivity index (χ3n) is 12.6. The van der Waals surface area contributed by atoms with Crippen LogP contribution in [0.4, 0.5) is 34.1 Å². The van der Waals surface area contributed by atoms with Gasteiger partial charge in [-0.2, -0.15) is 0 Å². The van der Waals surface area contributed by atoms with Crippen molar-refractivity contribution < 1.29 is 8.83 Å². The minimum atomic E-state index is -1.54. The van der Waals surface area contributed by atoms with Crippen LogP contribution >= 0.6 is 0 Å². The number of rotatable bonds is 7. The third kappa shape index (κ3) is 5.51. The Morgan fingerprint density at radius 3 is 1.26 bits per heavy atom. The van der Waals surface area contributed by atoms with E-state index in [0.29, 0.717) is 0 Å². The largest absolute Gasteiger partial charge is 0.454 e. The van der Waals surface area contributed by atoms with Crippen LogP contribution in [0.15, 0.2) is 191 Å². The van der Waals surface area contributed by atoms with E-state index in [0.717, 1.165) is 78.0 Å². The average Bonchev–Trinajstić information content (AvgIpc) is 3.87. The maximum atomic E-state index is 6.75. The zero-order valence-corrected chi connectivity index (χ0v) is 35.5. The number of para-hydroxylation sites is 4.